The number of non-ortho nitro benzene ring substituents is 1. The summed E-state index contributed by atoms with van der Waals surface area (Å²) in [5.74, 6) is 0.264. The molecule has 1 aliphatic heterocycles. The van der Waals surface area contributed by atoms with E-state index in [4.69, 9.17) is 16.3 Å². The monoisotopic (exact) mass is 505 g/mol. The molecular weight excluding hydrogens is 481 g/mol. The molecule has 2 N–H and O–H groups in total. The Morgan fingerprint density at radius 3 is 2.56 bits per heavy atom. The van der Waals surface area contributed by atoms with Crippen molar-refractivity contribution < 1.29 is 14.5 Å². The molecule has 0 aliphatic carbocycles. The molecule has 1 fully saturated rings. The maximum absolute atomic E-state index is 13.4. The third-order valence-electron chi connectivity index (χ3n) is 5.81. The summed E-state index contributed by atoms with van der Waals surface area (Å²) in [7, 11) is 1.52. The Bertz CT molecular complexity index is 1190. The van der Waals surface area contributed by atoms with E-state index < -0.39 is 4.92 Å². The van der Waals surface area contributed by atoms with Crippen LogP contribution in [-0.2, 0) is 0 Å². The normalized spacial score (nSPS) is 13.7. The number of halogens is 2. The smallest absolute Gasteiger partial charge is 0.269 e. The van der Waals surface area contributed by atoms with Gasteiger partial charge in [0.1, 0.15) is 5.75 Å². The van der Waals surface area contributed by atoms with E-state index in [1.807, 2.05) is 6.92 Å². The molecule has 1 saturated heterocycles. The summed E-state index contributed by atoms with van der Waals surface area (Å²) in [6.45, 7) is 3.52. The second-order valence-electron chi connectivity index (χ2n) is 7.91. The SMILES string of the molecule is COc1cc(Cl)c(C)cc1NC(=O)c1cnn(-c2ccc([N+](=O)[O-])cc2)c1C1CCNCC1.Cl. The predicted molar refractivity (Wildman–Crippen MR) is 133 cm³/mol. The average Bonchev–Trinajstić information content (AvgIpc) is 3.27. The predicted octanol–water partition coefficient (Wildman–Crippen LogP) is 4.89. The molecule has 3 aromatic rings. The summed E-state index contributed by atoms with van der Waals surface area (Å²) < 4.78 is 7.09. The number of aryl methyl sites for hydroxylation is 1. The number of nitro benzene ring substituents is 1. The molecule has 180 valence electrons. The van der Waals surface area contributed by atoms with Gasteiger partial charge in [-0.3, -0.25) is 14.9 Å². The van der Waals surface area contributed by atoms with E-state index >= 15 is 0 Å². The summed E-state index contributed by atoms with van der Waals surface area (Å²) in [6, 6.07) is 9.59. The van der Waals surface area contributed by atoms with Crippen LogP contribution in [0.4, 0.5) is 11.4 Å². The van der Waals surface area contributed by atoms with E-state index in [0.717, 1.165) is 37.2 Å². The molecule has 0 bridgehead atoms. The van der Waals surface area contributed by atoms with Gasteiger partial charge in [-0.25, -0.2) is 4.68 Å². The first-order valence-corrected chi connectivity index (χ1v) is 11.0. The number of benzene rings is 2. The van der Waals surface area contributed by atoms with Gasteiger partial charge in [0.05, 0.1) is 40.9 Å². The lowest BCUT2D eigenvalue weighted by atomic mass is 9.91. The Morgan fingerprint density at radius 1 is 1.26 bits per heavy atom. The minimum absolute atomic E-state index is 0. The fraction of sp³-hybridized carbons (Fsp3) is 0.304. The van der Waals surface area contributed by atoms with E-state index in [1.54, 1.807) is 35.1 Å². The minimum atomic E-state index is -0.444. The molecule has 0 unspecified atom stereocenters. The van der Waals surface area contributed by atoms with Crippen LogP contribution in [0.1, 0.15) is 40.4 Å². The van der Waals surface area contributed by atoms with Crippen molar-refractivity contribution in [3.8, 4) is 11.4 Å². The first-order valence-electron chi connectivity index (χ1n) is 10.6. The number of ether oxygens (including phenoxy) is 1. The van der Waals surface area contributed by atoms with Crippen LogP contribution in [0.15, 0.2) is 42.6 Å². The van der Waals surface area contributed by atoms with E-state index in [-0.39, 0.29) is 29.9 Å². The summed E-state index contributed by atoms with van der Waals surface area (Å²) >= 11 is 6.19. The number of nitrogens with zero attached hydrogens (tertiary/aromatic N) is 3. The molecule has 2 heterocycles. The number of amides is 1. The lowest BCUT2D eigenvalue weighted by molar-refractivity contribution is -0.384. The van der Waals surface area contributed by atoms with Gasteiger partial charge >= 0.3 is 0 Å². The maximum atomic E-state index is 13.4. The standard InChI is InChI=1S/C23H24ClN5O4.ClH/c1-14-11-20(21(33-2)12-19(14)24)27-23(30)18-13-26-28(22(18)15-7-9-25-10-8-15)16-3-5-17(6-4-16)29(31)32;/h3-6,11-13,15,25H,7-10H2,1-2H3,(H,27,30);1H. The van der Waals surface area contributed by atoms with Crippen LogP contribution < -0.4 is 15.4 Å². The van der Waals surface area contributed by atoms with Crippen molar-refractivity contribution in [2.45, 2.75) is 25.7 Å². The van der Waals surface area contributed by atoms with Crippen LogP contribution in [0, 0.1) is 17.0 Å². The molecule has 34 heavy (non-hydrogen) atoms. The number of nitro groups is 1. The van der Waals surface area contributed by atoms with E-state index in [9.17, 15) is 14.9 Å². The Kier molecular flexibility index (Phi) is 8.14. The van der Waals surface area contributed by atoms with Crippen molar-refractivity contribution in [2.75, 3.05) is 25.5 Å². The largest absolute Gasteiger partial charge is 0.495 e. The first-order chi connectivity index (χ1) is 15.9. The highest BCUT2D eigenvalue weighted by Gasteiger charge is 2.27. The van der Waals surface area contributed by atoms with Gasteiger partial charge in [0.2, 0.25) is 0 Å². The number of carbonyl (C=O) groups is 1. The topological polar surface area (TPSA) is 111 Å². The Hall–Kier alpha value is -3.14. The van der Waals surface area contributed by atoms with Gasteiger partial charge in [0.25, 0.3) is 11.6 Å². The molecule has 0 radical (unpaired) electrons. The van der Waals surface area contributed by atoms with Gasteiger partial charge in [-0.2, -0.15) is 5.10 Å². The zero-order valence-corrected chi connectivity index (χ0v) is 20.3. The zero-order valence-electron chi connectivity index (χ0n) is 18.7. The number of anilines is 1. The molecule has 9 nitrogen and oxygen atoms in total. The fourth-order valence-corrected chi connectivity index (χ4v) is 4.22. The lowest BCUT2D eigenvalue weighted by Crippen LogP contribution is -2.29. The molecule has 0 spiro atoms. The second kappa shape index (κ2) is 10.9. The summed E-state index contributed by atoms with van der Waals surface area (Å²) in [5.41, 5.74) is 3.23. The van der Waals surface area contributed by atoms with Crippen molar-refractivity contribution >= 4 is 41.3 Å². The van der Waals surface area contributed by atoms with Crippen molar-refractivity contribution in [2.24, 2.45) is 0 Å². The number of rotatable bonds is 6. The maximum Gasteiger partial charge on any atom is 0.269 e. The Morgan fingerprint density at radius 2 is 1.94 bits per heavy atom. The minimum Gasteiger partial charge on any atom is -0.495 e. The fourth-order valence-electron chi connectivity index (χ4n) is 4.06. The van der Waals surface area contributed by atoms with Gasteiger partial charge < -0.3 is 15.4 Å². The molecule has 4 rings (SSSR count). The van der Waals surface area contributed by atoms with Crippen molar-refractivity contribution in [3.05, 3.63) is 74.6 Å². The Balaban J connectivity index is 0.00000324. The van der Waals surface area contributed by atoms with Crippen LogP contribution in [0.5, 0.6) is 5.75 Å². The molecule has 1 amide bonds. The van der Waals surface area contributed by atoms with E-state index in [2.05, 4.69) is 15.7 Å². The number of methoxy groups -OCH3 is 1. The van der Waals surface area contributed by atoms with Crippen LogP contribution in [0.3, 0.4) is 0 Å². The van der Waals surface area contributed by atoms with Gasteiger partial charge in [0.15, 0.2) is 0 Å². The van der Waals surface area contributed by atoms with Gasteiger partial charge in [-0.05, 0) is 56.6 Å². The molecule has 2 aromatic carbocycles. The number of nitrogens with one attached hydrogen (secondary N) is 2. The number of hydrogen-bond donors (Lipinski definition) is 2. The van der Waals surface area contributed by atoms with Crippen molar-refractivity contribution in [3.63, 3.8) is 0 Å². The molecular formula is C23H25Cl2N5O4. The third-order valence-corrected chi connectivity index (χ3v) is 6.22. The van der Waals surface area contributed by atoms with Crippen LogP contribution in [0.25, 0.3) is 5.69 Å². The number of piperidine rings is 1. The highest BCUT2D eigenvalue weighted by molar-refractivity contribution is 6.31. The van der Waals surface area contributed by atoms with Crippen molar-refractivity contribution in [1.82, 2.24) is 15.1 Å². The van der Waals surface area contributed by atoms with Crippen LogP contribution in [0.2, 0.25) is 5.02 Å². The molecule has 0 saturated carbocycles. The summed E-state index contributed by atoms with van der Waals surface area (Å²) in [4.78, 5) is 24.0. The van der Waals surface area contributed by atoms with Crippen LogP contribution >= 0.6 is 24.0 Å². The highest BCUT2D eigenvalue weighted by atomic mass is 35.5. The molecule has 1 aliphatic rings. The molecule has 0 atom stereocenters. The second-order valence-corrected chi connectivity index (χ2v) is 8.32. The summed E-state index contributed by atoms with van der Waals surface area (Å²) in [5, 5.41) is 22.3. The summed E-state index contributed by atoms with van der Waals surface area (Å²) in [6.07, 6.45) is 3.24. The number of carbonyl (C=O) groups excluding carboxylic acids is 1. The third kappa shape index (κ3) is 5.16. The van der Waals surface area contributed by atoms with E-state index in [0.29, 0.717) is 27.7 Å². The molecule has 1 aromatic heterocycles. The lowest BCUT2D eigenvalue weighted by Gasteiger charge is -2.24. The van der Waals surface area contributed by atoms with Crippen molar-refractivity contribution in [1.29, 1.82) is 0 Å². The molecule has 11 heteroatoms. The van der Waals surface area contributed by atoms with E-state index in [1.165, 1.54) is 19.2 Å². The first kappa shape index (κ1) is 25.5. The zero-order chi connectivity index (χ0) is 23.5. The van der Waals surface area contributed by atoms with Gasteiger partial charge in [0, 0.05) is 29.1 Å². The van der Waals surface area contributed by atoms with Gasteiger partial charge in [-0.15, -0.1) is 12.4 Å². The van der Waals surface area contributed by atoms with Crippen LogP contribution in [-0.4, -0.2) is 40.8 Å². The number of hydrogen-bond acceptors (Lipinski definition) is 6. The quantitative estimate of drug-likeness (QED) is 0.364. The number of aromatic nitrogens is 2. The Labute approximate surface area is 208 Å². The average molecular weight is 506 g/mol. The van der Waals surface area contributed by atoms with Gasteiger partial charge in [-0.1, -0.05) is 11.6 Å². The highest BCUT2D eigenvalue weighted by Crippen LogP contribution is 2.34.